The smallest absolute Gasteiger partial charge is 0.292 e. The second-order valence-electron chi connectivity index (χ2n) is 5.80. The van der Waals surface area contributed by atoms with Crippen LogP contribution in [0.2, 0.25) is 0 Å². The Hall–Kier alpha value is -1.72. The van der Waals surface area contributed by atoms with E-state index in [0.717, 1.165) is 24.5 Å². The van der Waals surface area contributed by atoms with Gasteiger partial charge in [-0.05, 0) is 12.5 Å². The van der Waals surface area contributed by atoms with Crippen molar-refractivity contribution in [1.29, 1.82) is 0 Å². The summed E-state index contributed by atoms with van der Waals surface area (Å²) in [5.41, 5.74) is 2.50. The topological polar surface area (TPSA) is 37.6 Å². The first-order valence-corrected chi connectivity index (χ1v) is 8.29. The highest BCUT2D eigenvalue weighted by atomic mass is 32.1. The maximum absolute atomic E-state index is 12.9. The second kappa shape index (κ2) is 4.93. The lowest BCUT2D eigenvalue weighted by atomic mass is 10.1. The Kier molecular flexibility index (Phi) is 3.05. The highest BCUT2D eigenvalue weighted by molar-refractivity contribution is 7.13. The first-order valence-electron chi connectivity index (χ1n) is 7.41. The van der Waals surface area contributed by atoms with E-state index in [-0.39, 0.29) is 18.1 Å². The van der Waals surface area contributed by atoms with Gasteiger partial charge in [0.1, 0.15) is 0 Å². The van der Waals surface area contributed by atoms with Crippen molar-refractivity contribution in [2.75, 3.05) is 11.4 Å². The number of quaternary nitrogens is 1. The predicted molar refractivity (Wildman–Crippen MR) is 82.4 cm³/mol. The van der Waals surface area contributed by atoms with Crippen molar-refractivity contribution in [2.24, 2.45) is 0 Å². The van der Waals surface area contributed by atoms with E-state index in [1.807, 2.05) is 10.3 Å². The van der Waals surface area contributed by atoms with Gasteiger partial charge in [-0.15, -0.1) is 11.3 Å². The number of nitrogens with zero attached hydrogens (tertiary/aromatic N) is 2. The fourth-order valence-electron chi connectivity index (χ4n) is 3.71. The van der Waals surface area contributed by atoms with Crippen molar-refractivity contribution in [1.82, 2.24) is 4.98 Å². The molecule has 1 aromatic heterocycles. The van der Waals surface area contributed by atoms with Crippen molar-refractivity contribution in [3.8, 4) is 0 Å². The zero-order valence-electron chi connectivity index (χ0n) is 12.0. The van der Waals surface area contributed by atoms with E-state index in [9.17, 15) is 4.79 Å². The highest BCUT2D eigenvalue weighted by Gasteiger charge is 2.54. The molecule has 1 N–H and O–H groups in total. The zero-order chi connectivity index (χ0) is 14.4. The third-order valence-electron chi connectivity index (χ3n) is 4.66. The quantitative estimate of drug-likeness (QED) is 0.913. The van der Waals surface area contributed by atoms with E-state index in [0.29, 0.717) is 0 Å². The van der Waals surface area contributed by atoms with Gasteiger partial charge >= 0.3 is 0 Å². The van der Waals surface area contributed by atoms with Crippen LogP contribution < -0.4 is 9.80 Å². The number of hydrogen-bond acceptors (Lipinski definition) is 3. The van der Waals surface area contributed by atoms with Crippen LogP contribution in [0.4, 0.5) is 5.13 Å². The molecule has 2 aromatic rings. The van der Waals surface area contributed by atoms with Crippen molar-refractivity contribution < 1.29 is 9.69 Å². The number of fused-ring (bicyclic) bond motifs is 1. The van der Waals surface area contributed by atoms with Crippen LogP contribution in [0.3, 0.4) is 0 Å². The van der Waals surface area contributed by atoms with Gasteiger partial charge in [0.25, 0.3) is 5.91 Å². The third-order valence-corrected chi connectivity index (χ3v) is 5.43. The number of aromatic nitrogens is 1. The van der Waals surface area contributed by atoms with Gasteiger partial charge in [0.15, 0.2) is 17.3 Å². The molecular weight excluding hydrogens is 282 g/mol. The fraction of sp³-hybridized carbons (Fsp3) is 0.375. The number of thiazole rings is 1. The standard InChI is InChI=1S/C16H17N3OS/c1-11-5-2-3-6-12(11)14-18-9-4-7-13(18)15(20)19(14)16-17-8-10-21-16/h2-3,5-6,8,10,13-14H,4,7,9H2,1H3/p+1. The van der Waals surface area contributed by atoms with Crippen LogP contribution in [-0.4, -0.2) is 23.5 Å². The normalized spacial score (nSPS) is 28.1. The Morgan fingerprint density at radius 2 is 2.24 bits per heavy atom. The van der Waals surface area contributed by atoms with Gasteiger partial charge in [0.2, 0.25) is 0 Å². The Balaban J connectivity index is 1.84. The van der Waals surface area contributed by atoms with Crippen LogP contribution in [0.5, 0.6) is 0 Å². The maximum Gasteiger partial charge on any atom is 0.292 e. The lowest BCUT2D eigenvalue weighted by molar-refractivity contribution is -0.924. The Labute approximate surface area is 128 Å². The molecule has 3 heterocycles. The molecule has 0 spiro atoms. The van der Waals surface area contributed by atoms with Gasteiger partial charge in [0.05, 0.1) is 6.54 Å². The molecule has 4 rings (SSSR count). The van der Waals surface area contributed by atoms with Gasteiger partial charge in [-0.1, -0.05) is 24.3 Å². The van der Waals surface area contributed by atoms with Crippen LogP contribution in [0.25, 0.3) is 0 Å². The molecule has 2 aliphatic rings. The molecule has 0 saturated carbocycles. The molecule has 2 aliphatic heterocycles. The maximum atomic E-state index is 12.9. The average Bonchev–Trinajstić information content (AvgIpc) is 3.18. The summed E-state index contributed by atoms with van der Waals surface area (Å²) in [5.74, 6) is 0.241. The van der Waals surface area contributed by atoms with E-state index in [1.54, 1.807) is 17.5 Å². The van der Waals surface area contributed by atoms with Crippen LogP contribution in [0.1, 0.15) is 30.1 Å². The molecule has 3 atom stereocenters. The number of aryl methyl sites for hydroxylation is 1. The number of nitrogens with one attached hydrogen (secondary N) is 1. The number of benzene rings is 1. The minimum atomic E-state index is 0.0809. The van der Waals surface area contributed by atoms with Crippen LogP contribution in [0, 0.1) is 6.92 Å². The summed E-state index contributed by atoms with van der Waals surface area (Å²) in [4.78, 5) is 20.6. The van der Waals surface area contributed by atoms with E-state index in [1.165, 1.54) is 16.0 Å². The summed E-state index contributed by atoms with van der Waals surface area (Å²) < 4.78 is 0. The summed E-state index contributed by atoms with van der Waals surface area (Å²) in [6.45, 7) is 3.19. The highest BCUT2D eigenvalue weighted by Crippen LogP contribution is 2.32. The monoisotopic (exact) mass is 300 g/mol. The summed E-state index contributed by atoms with van der Waals surface area (Å²) >= 11 is 1.55. The fourth-order valence-corrected chi connectivity index (χ4v) is 4.39. The van der Waals surface area contributed by atoms with Gasteiger partial charge in [-0.3, -0.25) is 4.79 Å². The summed E-state index contributed by atoms with van der Waals surface area (Å²) in [5, 5.41) is 2.77. The van der Waals surface area contributed by atoms with Crippen molar-refractivity contribution >= 4 is 22.4 Å². The van der Waals surface area contributed by atoms with Gasteiger partial charge < -0.3 is 4.90 Å². The molecule has 1 amide bonds. The van der Waals surface area contributed by atoms with Gasteiger partial charge in [-0.2, -0.15) is 0 Å². The van der Waals surface area contributed by atoms with Crippen LogP contribution in [-0.2, 0) is 4.79 Å². The number of anilines is 1. The molecular formula is C16H18N3OS+. The molecule has 108 valence electrons. The number of hydrogen-bond donors (Lipinski definition) is 1. The zero-order valence-corrected chi connectivity index (χ0v) is 12.8. The Morgan fingerprint density at radius 3 is 3.00 bits per heavy atom. The Morgan fingerprint density at radius 1 is 1.38 bits per heavy atom. The number of amides is 1. The first-order chi connectivity index (χ1) is 10.3. The summed E-state index contributed by atoms with van der Waals surface area (Å²) in [6.07, 6.45) is 4.00. The van der Waals surface area contributed by atoms with Crippen molar-refractivity contribution in [3.05, 3.63) is 47.0 Å². The van der Waals surface area contributed by atoms with E-state index in [2.05, 4.69) is 36.2 Å². The molecule has 21 heavy (non-hydrogen) atoms. The molecule has 0 bridgehead atoms. The van der Waals surface area contributed by atoms with Crippen LogP contribution >= 0.6 is 11.3 Å². The van der Waals surface area contributed by atoms with Gasteiger partial charge in [-0.25, -0.2) is 9.88 Å². The lowest BCUT2D eigenvalue weighted by Crippen LogP contribution is -3.12. The van der Waals surface area contributed by atoms with Gasteiger partial charge in [0, 0.05) is 30.0 Å². The molecule has 0 radical (unpaired) electrons. The van der Waals surface area contributed by atoms with E-state index < -0.39 is 0 Å². The number of carbonyl (C=O) groups is 1. The average molecular weight is 300 g/mol. The van der Waals surface area contributed by atoms with Crippen molar-refractivity contribution in [3.63, 3.8) is 0 Å². The predicted octanol–water partition coefficient (Wildman–Crippen LogP) is 1.54. The number of rotatable bonds is 2. The molecule has 5 heteroatoms. The summed E-state index contributed by atoms with van der Waals surface area (Å²) in [6, 6.07) is 8.51. The SMILES string of the molecule is Cc1ccccc1C1N(c2nccs2)C(=O)C2CCC[NH+]21. The number of carbonyl (C=O) groups excluding carboxylic acids is 1. The third kappa shape index (κ3) is 1.92. The Bertz CT molecular complexity index is 670. The molecule has 1 aromatic carbocycles. The first kappa shape index (κ1) is 13.0. The largest absolute Gasteiger partial charge is 0.301 e. The van der Waals surface area contributed by atoms with E-state index in [4.69, 9.17) is 0 Å². The molecule has 4 nitrogen and oxygen atoms in total. The van der Waals surface area contributed by atoms with Crippen molar-refractivity contribution in [2.45, 2.75) is 32.0 Å². The molecule has 3 unspecified atom stereocenters. The van der Waals surface area contributed by atoms with Crippen LogP contribution in [0.15, 0.2) is 35.8 Å². The molecule has 2 saturated heterocycles. The minimum absolute atomic E-state index is 0.0809. The van der Waals surface area contributed by atoms with E-state index >= 15 is 0 Å². The lowest BCUT2D eigenvalue weighted by Gasteiger charge is -2.25. The molecule has 2 fully saturated rings. The summed E-state index contributed by atoms with van der Waals surface area (Å²) in [7, 11) is 0. The minimum Gasteiger partial charge on any atom is -0.301 e. The second-order valence-corrected chi connectivity index (χ2v) is 6.67. The molecule has 0 aliphatic carbocycles.